The topological polar surface area (TPSA) is 74.3 Å². The van der Waals surface area contributed by atoms with Crippen molar-refractivity contribution in [2.45, 2.75) is 0 Å². The molecule has 0 rings (SSSR count). The summed E-state index contributed by atoms with van der Waals surface area (Å²) in [6, 6.07) is 0. The van der Waals surface area contributed by atoms with Crippen molar-refractivity contribution in [3.8, 4) is 0 Å². The van der Waals surface area contributed by atoms with E-state index in [9.17, 15) is 14.7 Å². The predicted octanol–water partition coefficient (Wildman–Crippen LogP) is -0.416. The molecule has 0 fully saturated rings. The van der Waals surface area contributed by atoms with E-state index in [-0.39, 0.29) is 0 Å². The zero-order chi connectivity index (χ0) is 6.57. The first-order valence-corrected chi connectivity index (χ1v) is 1.75. The van der Waals surface area contributed by atoms with Gasteiger partial charge < -0.3 is 5.11 Å². The summed E-state index contributed by atoms with van der Waals surface area (Å²) < 4.78 is 0. The number of carboxylic acids is 1. The summed E-state index contributed by atoms with van der Waals surface area (Å²) >= 11 is 0. The molecule has 0 spiro atoms. The normalized spacial score (nSPS) is 9.50. The van der Waals surface area contributed by atoms with Gasteiger partial charge in [-0.05, 0) is 0 Å². The summed E-state index contributed by atoms with van der Waals surface area (Å²) in [5.74, 6) is -2.80. The van der Waals surface area contributed by atoms with Crippen LogP contribution in [0.1, 0.15) is 0 Å². The van der Waals surface area contributed by atoms with Gasteiger partial charge >= 0.3 is 11.9 Å². The summed E-state index contributed by atoms with van der Waals surface area (Å²) in [4.78, 5) is 19.0. The lowest BCUT2D eigenvalue weighted by molar-refractivity contribution is -0.138. The van der Waals surface area contributed by atoms with Gasteiger partial charge in [0.05, 0.1) is 0 Å². The van der Waals surface area contributed by atoms with Crippen molar-refractivity contribution in [3.05, 3.63) is 12.2 Å². The fraction of sp³-hybridized carbons (Fsp3) is 0. The second-order valence-electron chi connectivity index (χ2n) is 0.991. The molecule has 1 N–H and O–H groups in total. The van der Waals surface area contributed by atoms with Crippen LogP contribution in [0.2, 0.25) is 0 Å². The quantitative estimate of drug-likeness (QED) is 0.497. The van der Waals surface area contributed by atoms with Crippen LogP contribution in [0.5, 0.6) is 0 Å². The molecule has 0 heterocycles. The molecule has 0 aliphatic rings. The van der Waals surface area contributed by atoms with Crippen molar-refractivity contribution in [3.63, 3.8) is 0 Å². The molecule has 0 aromatic heterocycles. The minimum absolute atomic E-state index is 0.447. The van der Waals surface area contributed by atoms with Gasteiger partial charge in [0, 0.05) is 12.2 Å². The van der Waals surface area contributed by atoms with E-state index >= 15 is 0 Å². The van der Waals surface area contributed by atoms with Crippen LogP contribution in [0, 0.1) is 0 Å². The number of carbonyl (C=O) groups is 2. The highest BCUT2D eigenvalue weighted by Crippen LogP contribution is 1.71. The van der Waals surface area contributed by atoms with Gasteiger partial charge in [0.15, 0.2) is 0 Å². The van der Waals surface area contributed by atoms with Crippen LogP contribution in [-0.4, -0.2) is 17.0 Å². The van der Waals surface area contributed by atoms with E-state index in [2.05, 4.69) is 0 Å². The van der Waals surface area contributed by atoms with Crippen LogP contribution in [0.3, 0.4) is 0 Å². The van der Waals surface area contributed by atoms with Gasteiger partial charge in [-0.3, -0.25) is 0 Å². The molecule has 0 aromatic rings. The highest BCUT2D eigenvalue weighted by atomic mass is 16.4. The number of carbonyl (C=O) groups excluding carboxylic acids is 1. The maximum atomic E-state index is 9.53. The number of hydrogen-bond acceptors (Lipinski definition) is 2. The molecule has 0 atom stereocenters. The molecule has 0 bridgehead atoms. The minimum atomic E-state index is -1.51. The van der Waals surface area contributed by atoms with Gasteiger partial charge in [-0.1, -0.05) is 0 Å². The maximum absolute atomic E-state index is 9.53. The average molecular weight is 115 g/mol. The Morgan fingerprint density at radius 1 is 1.25 bits per heavy atom. The smallest absolute Gasteiger partial charge is 0.379 e. The number of rotatable bonds is 2. The van der Waals surface area contributed by atoms with Gasteiger partial charge in [-0.2, -0.15) is 0 Å². The summed E-state index contributed by atoms with van der Waals surface area (Å²) in [6.45, 7) is 0. The molecule has 0 amide bonds. The van der Waals surface area contributed by atoms with Crippen LogP contribution >= 0.6 is 0 Å². The summed E-state index contributed by atoms with van der Waals surface area (Å²) in [5.41, 5.74) is 0. The van der Waals surface area contributed by atoms with Gasteiger partial charge in [0.1, 0.15) is 0 Å². The van der Waals surface area contributed by atoms with Crippen molar-refractivity contribution in [1.82, 2.24) is 0 Å². The van der Waals surface area contributed by atoms with Crippen LogP contribution in [-0.2, 0) is 14.7 Å². The zero-order valence-corrected chi connectivity index (χ0v) is 3.83. The van der Waals surface area contributed by atoms with Crippen LogP contribution in [0.25, 0.3) is 0 Å². The lowest BCUT2D eigenvalue weighted by atomic mass is 10.5. The molecule has 4 heteroatoms. The monoisotopic (exact) mass is 115 g/mol. The van der Waals surface area contributed by atoms with Gasteiger partial charge in [-0.25, -0.2) is 14.7 Å². The molecule has 0 unspecified atom stereocenters. The van der Waals surface area contributed by atoms with E-state index in [1.807, 2.05) is 0 Å². The molecule has 0 saturated carbocycles. The molecule has 0 aliphatic carbocycles. The predicted molar refractivity (Wildman–Crippen MR) is 22.5 cm³/mol. The number of hydrogen-bond donors (Lipinski definition) is 1. The first kappa shape index (κ1) is 6.68. The molecule has 0 aromatic carbocycles. The fourth-order valence-corrected chi connectivity index (χ4v) is 0.139. The van der Waals surface area contributed by atoms with E-state index in [0.717, 1.165) is 0 Å². The van der Waals surface area contributed by atoms with Gasteiger partial charge in [-0.15, -0.1) is 0 Å². The lowest BCUT2D eigenvalue weighted by Gasteiger charge is -1.71. The average Bonchev–Trinajstić information content (AvgIpc) is 1.61. The Morgan fingerprint density at radius 2 is 1.75 bits per heavy atom. The third-order valence-corrected chi connectivity index (χ3v) is 0.362. The Balaban J connectivity index is 3.67. The van der Waals surface area contributed by atoms with Crippen LogP contribution in [0.15, 0.2) is 12.2 Å². The van der Waals surface area contributed by atoms with E-state index < -0.39 is 11.9 Å². The van der Waals surface area contributed by atoms with Crippen molar-refractivity contribution >= 4 is 11.9 Å². The van der Waals surface area contributed by atoms with Crippen LogP contribution in [0.4, 0.5) is 0 Å². The van der Waals surface area contributed by atoms with Gasteiger partial charge in [0.25, 0.3) is 0 Å². The van der Waals surface area contributed by atoms with Crippen molar-refractivity contribution in [2.75, 3.05) is 0 Å². The Labute approximate surface area is 45.1 Å². The maximum Gasteiger partial charge on any atom is 0.379 e. The molecule has 4 nitrogen and oxygen atoms in total. The molecule has 1 radical (unpaired) electrons. The summed E-state index contributed by atoms with van der Waals surface area (Å²) in [6.07, 6.45) is 0.942. The second kappa shape index (κ2) is 2.79. The Bertz CT molecular complexity index is 119. The van der Waals surface area contributed by atoms with Gasteiger partial charge in [0.2, 0.25) is 0 Å². The Kier molecular flexibility index (Phi) is 2.33. The SMILES string of the molecule is [O]C(=O)/C=C\C(=O)O. The van der Waals surface area contributed by atoms with E-state index in [1.54, 1.807) is 0 Å². The standard InChI is InChI=1S/C4H3O4/c5-3(6)1-2-4(7)8/h1-2H,(H,5,6)/b2-1-. The Morgan fingerprint density at radius 3 is 1.88 bits per heavy atom. The molecule has 0 aliphatic heterocycles. The van der Waals surface area contributed by atoms with E-state index in [0.29, 0.717) is 12.2 Å². The van der Waals surface area contributed by atoms with Crippen molar-refractivity contribution in [2.24, 2.45) is 0 Å². The molecule has 43 valence electrons. The fourth-order valence-electron chi connectivity index (χ4n) is 0.139. The zero-order valence-electron chi connectivity index (χ0n) is 3.83. The third-order valence-electron chi connectivity index (χ3n) is 0.362. The van der Waals surface area contributed by atoms with Crippen molar-refractivity contribution in [1.29, 1.82) is 0 Å². The first-order chi connectivity index (χ1) is 3.63. The highest BCUT2D eigenvalue weighted by Gasteiger charge is 1.90. The highest BCUT2D eigenvalue weighted by molar-refractivity contribution is 5.89. The first-order valence-electron chi connectivity index (χ1n) is 1.75. The lowest BCUT2D eigenvalue weighted by Crippen LogP contribution is -1.90. The minimum Gasteiger partial charge on any atom is -0.478 e. The largest absolute Gasteiger partial charge is 0.478 e. The number of carboxylic acid groups (broad SMARTS) is 1. The summed E-state index contributed by atoms with van der Waals surface area (Å²) in [5, 5.41) is 17.2. The van der Waals surface area contributed by atoms with E-state index in [4.69, 9.17) is 5.11 Å². The van der Waals surface area contributed by atoms with Crippen molar-refractivity contribution < 1.29 is 19.8 Å². The summed E-state index contributed by atoms with van der Waals surface area (Å²) in [7, 11) is 0. The second-order valence-corrected chi connectivity index (χ2v) is 0.991. The Hall–Kier alpha value is -1.32. The third kappa shape index (κ3) is 4.68. The molecular formula is C4H3O4. The number of aliphatic carboxylic acids is 1. The van der Waals surface area contributed by atoms with Crippen LogP contribution < -0.4 is 0 Å². The molecule has 0 saturated heterocycles. The molecular weight excluding hydrogens is 112 g/mol. The van der Waals surface area contributed by atoms with E-state index in [1.165, 1.54) is 0 Å². The molecule has 8 heavy (non-hydrogen) atoms.